The van der Waals surface area contributed by atoms with E-state index in [1.807, 2.05) is 19.1 Å². The maximum atomic E-state index is 12.8. The molecule has 7 heteroatoms. The van der Waals surface area contributed by atoms with Crippen LogP contribution < -0.4 is 10.2 Å². The van der Waals surface area contributed by atoms with Crippen LogP contribution in [0.1, 0.15) is 28.9 Å². The van der Waals surface area contributed by atoms with Crippen molar-refractivity contribution in [2.45, 2.75) is 19.8 Å². The van der Waals surface area contributed by atoms with Gasteiger partial charge in [-0.15, -0.1) is 0 Å². The number of nitrogens with one attached hydrogen (secondary N) is 2. The summed E-state index contributed by atoms with van der Waals surface area (Å²) >= 11 is 0. The zero-order chi connectivity index (χ0) is 18.3. The molecule has 0 saturated heterocycles. The normalized spacial score (nSPS) is 13.6. The summed E-state index contributed by atoms with van der Waals surface area (Å²) in [6, 6.07) is 8.95. The van der Waals surface area contributed by atoms with Crippen molar-refractivity contribution in [3.63, 3.8) is 0 Å². The highest BCUT2D eigenvalue weighted by molar-refractivity contribution is 6.11. The topological polar surface area (TPSA) is 91.0 Å². The molecule has 0 aliphatic heterocycles. The third-order valence-corrected chi connectivity index (χ3v) is 4.63. The second-order valence-corrected chi connectivity index (χ2v) is 6.59. The molecule has 0 radical (unpaired) electrons. The van der Waals surface area contributed by atoms with Crippen molar-refractivity contribution in [2.75, 3.05) is 17.3 Å². The van der Waals surface area contributed by atoms with Crippen LogP contribution >= 0.6 is 0 Å². The molecule has 0 atom stereocenters. The Labute approximate surface area is 150 Å². The first-order valence-electron chi connectivity index (χ1n) is 8.53. The molecule has 1 aromatic carbocycles. The standard InChI is InChI=1S/C19H19N5O2/c1-11-15-9-13(10-20-17(15)23-22-11)21-18(25)14-5-3-4-6-16(14)24(2)19(26)12-7-8-12/h3-6,9-10,12H,7-8H2,1-2H3,(H,21,25)(H,20,22,23). The molecule has 1 aliphatic rings. The van der Waals surface area contributed by atoms with Crippen LogP contribution in [0, 0.1) is 12.8 Å². The van der Waals surface area contributed by atoms with E-state index in [0.29, 0.717) is 22.6 Å². The monoisotopic (exact) mass is 349 g/mol. The number of anilines is 2. The van der Waals surface area contributed by atoms with E-state index in [1.165, 1.54) is 0 Å². The van der Waals surface area contributed by atoms with Crippen LogP contribution in [0.25, 0.3) is 11.0 Å². The maximum absolute atomic E-state index is 12.8. The van der Waals surface area contributed by atoms with Crippen molar-refractivity contribution in [1.29, 1.82) is 0 Å². The van der Waals surface area contributed by atoms with Gasteiger partial charge in [-0.05, 0) is 38.0 Å². The summed E-state index contributed by atoms with van der Waals surface area (Å²) in [5, 5.41) is 10.7. The lowest BCUT2D eigenvalue weighted by molar-refractivity contribution is -0.119. The molecule has 1 fully saturated rings. The molecule has 2 heterocycles. The van der Waals surface area contributed by atoms with Crippen molar-refractivity contribution in [1.82, 2.24) is 15.2 Å². The summed E-state index contributed by atoms with van der Waals surface area (Å²) in [5.74, 6) is -0.132. The number of fused-ring (bicyclic) bond motifs is 1. The Balaban J connectivity index is 1.61. The zero-order valence-corrected chi connectivity index (χ0v) is 14.6. The number of nitrogens with zero attached hydrogens (tertiary/aromatic N) is 3. The molecule has 7 nitrogen and oxygen atoms in total. The van der Waals surface area contributed by atoms with Crippen molar-refractivity contribution < 1.29 is 9.59 Å². The minimum atomic E-state index is -0.279. The minimum absolute atomic E-state index is 0.0577. The van der Waals surface area contributed by atoms with Crippen LogP contribution in [0.4, 0.5) is 11.4 Å². The van der Waals surface area contributed by atoms with Gasteiger partial charge in [-0.1, -0.05) is 12.1 Å². The molecule has 1 aliphatic carbocycles. The minimum Gasteiger partial charge on any atom is -0.321 e. The number of carbonyl (C=O) groups excluding carboxylic acids is 2. The van der Waals surface area contributed by atoms with Crippen LogP contribution in [-0.4, -0.2) is 34.0 Å². The fourth-order valence-corrected chi connectivity index (χ4v) is 2.97. The lowest BCUT2D eigenvalue weighted by Gasteiger charge is -2.20. The first-order valence-corrected chi connectivity index (χ1v) is 8.53. The zero-order valence-electron chi connectivity index (χ0n) is 14.6. The average Bonchev–Trinajstić information content (AvgIpc) is 3.45. The Morgan fingerprint density at radius 1 is 1.27 bits per heavy atom. The number of benzene rings is 1. The van der Waals surface area contributed by atoms with E-state index in [-0.39, 0.29) is 17.7 Å². The van der Waals surface area contributed by atoms with Crippen LogP contribution in [0.3, 0.4) is 0 Å². The van der Waals surface area contributed by atoms with E-state index >= 15 is 0 Å². The van der Waals surface area contributed by atoms with E-state index < -0.39 is 0 Å². The highest BCUT2D eigenvalue weighted by atomic mass is 16.2. The Morgan fingerprint density at radius 2 is 2.04 bits per heavy atom. The van der Waals surface area contributed by atoms with Crippen LogP contribution in [0.5, 0.6) is 0 Å². The predicted octanol–water partition coefficient (Wildman–Crippen LogP) is 2.89. The number of rotatable bonds is 4. The molecule has 1 saturated carbocycles. The number of hydrogen-bond donors (Lipinski definition) is 2. The van der Waals surface area contributed by atoms with Gasteiger partial charge >= 0.3 is 0 Å². The van der Waals surface area contributed by atoms with E-state index in [0.717, 1.165) is 23.9 Å². The van der Waals surface area contributed by atoms with Crippen LogP contribution in [0.2, 0.25) is 0 Å². The lowest BCUT2D eigenvalue weighted by atomic mass is 10.1. The maximum Gasteiger partial charge on any atom is 0.257 e. The summed E-state index contributed by atoms with van der Waals surface area (Å²) < 4.78 is 0. The molecule has 4 rings (SSSR count). The van der Waals surface area contributed by atoms with Gasteiger partial charge in [0.2, 0.25) is 5.91 Å². The molecule has 0 bridgehead atoms. The summed E-state index contributed by atoms with van der Waals surface area (Å²) in [6.07, 6.45) is 3.42. The number of aromatic amines is 1. The van der Waals surface area contributed by atoms with Gasteiger partial charge < -0.3 is 10.2 Å². The first-order chi connectivity index (χ1) is 12.5. The van der Waals surface area contributed by atoms with Gasteiger partial charge in [0.15, 0.2) is 5.65 Å². The number of aryl methyl sites for hydroxylation is 1. The molecule has 2 aromatic heterocycles. The summed E-state index contributed by atoms with van der Waals surface area (Å²) in [6.45, 7) is 1.90. The third kappa shape index (κ3) is 2.92. The van der Waals surface area contributed by atoms with Crippen molar-refractivity contribution in [2.24, 2.45) is 5.92 Å². The van der Waals surface area contributed by atoms with Gasteiger partial charge in [-0.25, -0.2) is 4.98 Å². The van der Waals surface area contributed by atoms with E-state index in [4.69, 9.17) is 0 Å². The van der Waals surface area contributed by atoms with Gasteiger partial charge in [-0.3, -0.25) is 14.7 Å². The Bertz CT molecular complexity index is 1010. The van der Waals surface area contributed by atoms with Gasteiger partial charge in [-0.2, -0.15) is 5.10 Å². The molecular formula is C19H19N5O2. The van der Waals surface area contributed by atoms with E-state index in [1.54, 1.807) is 36.3 Å². The fraction of sp³-hybridized carbons (Fsp3) is 0.263. The first kappa shape index (κ1) is 16.3. The van der Waals surface area contributed by atoms with Crippen molar-refractivity contribution in [3.05, 3.63) is 47.8 Å². The number of hydrogen-bond acceptors (Lipinski definition) is 4. The molecule has 0 spiro atoms. The molecule has 132 valence electrons. The predicted molar refractivity (Wildman–Crippen MR) is 99.2 cm³/mol. The van der Waals surface area contributed by atoms with Crippen LogP contribution in [-0.2, 0) is 4.79 Å². The number of carbonyl (C=O) groups is 2. The highest BCUT2D eigenvalue weighted by Crippen LogP contribution is 2.33. The average molecular weight is 349 g/mol. The number of aromatic nitrogens is 3. The second kappa shape index (κ2) is 6.25. The van der Waals surface area contributed by atoms with E-state index in [2.05, 4.69) is 20.5 Å². The summed E-state index contributed by atoms with van der Waals surface area (Å²) in [5.41, 5.74) is 3.14. The fourth-order valence-electron chi connectivity index (χ4n) is 2.97. The summed E-state index contributed by atoms with van der Waals surface area (Å²) in [7, 11) is 1.72. The van der Waals surface area contributed by atoms with Gasteiger partial charge in [0.05, 0.1) is 23.1 Å². The summed E-state index contributed by atoms with van der Waals surface area (Å²) in [4.78, 5) is 31.0. The third-order valence-electron chi connectivity index (χ3n) is 4.63. The number of amides is 2. The number of H-pyrrole nitrogens is 1. The Kier molecular flexibility index (Phi) is 3.91. The number of para-hydroxylation sites is 1. The highest BCUT2D eigenvalue weighted by Gasteiger charge is 2.33. The smallest absolute Gasteiger partial charge is 0.257 e. The number of pyridine rings is 1. The lowest BCUT2D eigenvalue weighted by Crippen LogP contribution is -2.29. The van der Waals surface area contributed by atoms with Gasteiger partial charge in [0, 0.05) is 24.0 Å². The Hall–Kier alpha value is -3.22. The molecular weight excluding hydrogens is 330 g/mol. The molecule has 3 aromatic rings. The Morgan fingerprint density at radius 3 is 2.81 bits per heavy atom. The van der Waals surface area contributed by atoms with Crippen molar-refractivity contribution in [3.8, 4) is 0 Å². The second-order valence-electron chi connectivity index (χ2n) is 6.59. The molecule has 2 N–H and O–H groups in total. The van der Waals surface area contributed by atoms with Crippen molar-refractivity contribution >= 4 is 34.2 Å². The van der Waals surface area contributed by atoms with Crippen LogP contribution in [0.15, 0.2) is 36.5 Å². The molecule has 26 heavy (non-hydrogen) atoms. The van der Waals surface area contributed by atoms with E-state index in [9.17, 15) is 9.59 Å². The quantitative estimate of drug-likeness (QED) is 0.758. The largest absolute Gasteiger partial charge is 0.321 e. The molecule has 2 amide bonds. The SMILES string of the molecule is Cc1[nH]nc2ncc(NC(=O)c3ccccc3N(C)C(=O)C3CC3)cc12. The van der Waals surface area contributed by atoms with Gasteiger partial charge in [0.25, 0.3) is 5.91 Å². The molecule has 0 unspecified atom stereocenters. The van der Waals surface area contributed by atoms with Gasteiger partial charge in [0.1, 0.15) is 0 Å².